The summed E-state index contributed by atoms with van der Waals surface area (Å²) in [5, 5.41) is 5.86. The number of nitrogens with one attached hydrogen (secondary N) is 1. The van der Waals surface area contributed by atoms with Crippen LogP contribution in [0.4, 0.5) is 8.78 Å². The average Bonchev–Trinajstić information content (AvgIpc) is 2.46. The van der Waals surface area contributed by atoms with Gasteiger partial charge < -0.3 is 5.32 Å². The average molecular weight is 315 g/mol. The fourth-order valence-electron chi connectivity index (χ4n) is 0.868. The molecule has 7 heteroatoms. The van der Waals surface area contributed by atoms with Gasteiger partial charge >= 0.3 is 3.93 Å². The van der Waals surface area contributed by atoms with Crippen molar-refractivity contribution in [2.24, 2.45) is 7.05 Å². The number of hydrogen-bond acceptors (Lipinski definition) is 2. The first-order valence-electron chi connectivity index (χ1n) is 3.73. The van der Waals surface area contributed by atoms with E-state index in [1.54, 1.807) is 7.05 Å². The molecule has 0 fully saturated rings. The lowest BCUT2D eigenvalue weighted by Gasteiger charge is -2.09. The first-order valence-corrected chi connectivity index (χ1v) is 4.81. The minimum atomic E-state index is -2.92. The van der Waals surface area contributed by atoms with Crippen molar-refractivity contribution in [1.29, 1.82) is 0 Å². The van der Waals surface area contributed by atoms with Crippen molar-refractivity contribution in [2.75, 3.05) is 6.54 Å². The molecule has 1 N–H and O–H groups in total. The Morgan fingerprint density at radius 3 is 2.86 bits per heavy atom. The minimum absolute atomic E-state index is 0.255. The van der Waals surface area contributed by atoms with Crippen LogP contribution in [0, 0.1) is 0 Å². The number of halogens is 3. The molecule has 78 valence electrons. The summed E-state index contributed by atoms with van der Waals surface area (Å²) in [7, 11) is 1.57. The fourth-order valence-corrected chi connectivity index (χ4v) is 1.06. The smallest absolute Gasteiger partial charge is 0.313 e. The molecule has 0 aliphatic rings. The maximum Gasteiger partial charge on any atom is 0.313 e. The summed E-state index contributed by atoms with van der Waals surface area (Å²) in [6.07, 6.45) is 1.43. The van der Waals surface area contributed by atoms with Crippen molar-refractivity contribution >= 4 is 28.5 Å². The number of amides is 1. The SMILES string of the molecule is Cn1nccc1C(=O)NCC(F)(F)I. The Kier molecular flexibility index (Phi) is 3.40. The molecular weight excluding hydrogens is 307 g/mol. The van der Waals surface area contributed by atoms with E-state index in [4.69, 9.17) is 0 Å². The molecule has 0 aliphatic carbocycles. The molecule has 0 radical (unpaired) electrons. The van der Waals surface area contributed by atoms with Crippen LogP contribution in [0.25, 0.3) is 0 Å². The van der Waals surface area contributed by atoms with Crippen LogP contribution in [0.2, 0.25) is 0 Å². The summed E-state index contributed by atoms with van der Waals surface area (Å²) < 4.78 is 23.1. The number of nitrogens with zero attached hydrogens (tertiary/aromatic N) is 2. The van der Waals surface area contributed by atoms with Crippen molar-refractivity contribution in [3.05, 3.63) is 18.0 Å². The van der Waals surface area contributed by atoms with E-state index in [0.29, 0.717) is 0 Å². The van der Waals surface area contributed by atoms with E-state index in [9.17, 15) is 13.6 Å². The van der Waals surface area contributed by atoms with Gasteiger partial charge in [-0.25, -0.2) is 0 Å². The van der Waals surface area contributed by atoms with E-state index >= 15 is 0 Å². The lowest BCUT2D eigenvalue weighted by atomic mass is 10.4. The monoisotopic (exact) mass is 315 g/mol. The van der Waals surface area contributed by atoms with Crippen LogP contribution in [0.5, 0.6) is 0 Å². The standard InChI is InChI=1S/C7H8F2IN3O/c1-13-5(2-3-12-13)6(14)11-4-7(8,9)10/h2-3H,4H2,1H3,(H,11,14). The fraction of sp³-hybridized carbons (Fsp3) is 0.429. The predicted molar refractivity (Wildman–Crippen MR) is 54.5 cm³/mol. The lowest BCUT2D eigenvalue weighted by Crippen LogP contribution is -2.33. The van der Waals surface area contributed by atoms with Crippen LogP contribution in [0.3, 0.4) is 0 Å². The highest BCUT2D eigenvalue weighted by Gasteiger charge is 2.24. The van der Waals surface area contributed by atoms with Crippen molar-refractivity contribution in [2.45, 2.75) is 3.93 Å². The molecule has 0 bridgehead atoms. The normalized spacial score (nSPS) is 11.4. The van der Waals surface area contributed by atoms with Gasteiger partial charge in [-0.1, -0.05) is 0 Å². The Hall–Kier alpha value is -0.730. The quantitative estimate of drug-likeness (QED) is 0.672. The van der Waals surface area contributed by atoms with Gasteiger partial charge in [0.2, 0.25) is 0 Å². The number of carbonyl (C=O) groups excluding carboxylic acids is 1. The molecule has 0 aromatic carbocycles. The van der Waals surface area contributed by atoms with Gasteiger partial charge in [-0.3, -0.25) is 9.48 Å². The number of alkyl halides is 3. The summed E-state index contributed by atoms with van der Waals surface area (Å²) in [5.41, 5.74) is 0.255. The Balaban J connectivity index is 2.56. The molecule has 0 aliphatic heterocycles. The summed E-state index contributed by atoms with van der Waals surface area (Å²) in [6, 6.07) is 1.46. The summed E-state index contributed by atoms with van der Waals surface area (Å²) in [4.78, 5) is 11.3. The van der Waals surface area contributed by atoms with E-state index in [-0.39, 0.29) is 5.69 Å². The Morgan fingerprint density at radius 2 is 2.43 bits per heavy atom. The van der Waals surface area contributed by atoms with Gasteiger partial charge in [0, 0.05) is 35.8 Å². The third kappa shape index (κ3) is 3.20. The van der Waals surface area contributed by atoms with E-state index < -0.39 is 16.4 Å². The van der Waals surface area contributed by atoms with Gasteiger partial charge in [0.25, 0.3) is 5.91 Å². The van der Waals surface area contributed by atoms with Gasteiger partial charge in [-0.05, 0) is 6.07 Å². The van der Waals surface area contributed by atoms with Crippen LogP contribution >= 0.6 is 22.6 Å². The second kappa shape index (κ2) is 4.20. The number of carbonyl (C=O) groups is 1. The van der Waals surface area contributed by atoms with E-state index in [1.165, 1.54) is 16.9 Å². The maximum atomic E-state index is 12.4. The van der Waals surface area contributed by atoms with Gasteiger partial charge in [0.1, 0.15) is 5.69 Å². The molecule has 1 aromatic heterocycles. The second-order valence-electron chi connectivity index (χ2n) is 2.64. The first kappa shape index (κ1) is 11.3. The van der Waals surface area contributed by atoms with Crippen LogP contribution in [0.1, 0.15) is 10.5 Å². The van der Waals surface area contributed by atoms with Crippen molar-refractivity contribution in [3.63, 3.8) is 0 Å². The van der Waals surface area contributed by atoms with Crippen LogP contribution in [0.15, 0.2) is 12.3 Å². The van der Waals surface area contributed by atoms with Crippen molar-refractivity contribution in [3.8, 4) is 0 Å². The summed E-state index contributed by atoms with van der Waals surface area (Å²) in [5.74, 6) is -0.554. The zero-order chi connectivity index (χ0) is 10.8. The number of aryl methyl sites for hydroxylation is 1. The Labute approximate surface area is 92.8 Å². The molecule has 1 aromatic rings. The van der Waals surface area contributed by atoms with Gasteiger partial charge in [-0.2, -0.15) is 13.9 Å². The van der Waals surface area contributed by atoms with Gasteiger partial charge in [0.15, 0.2) is 0 Å². The number of rotatable bonds is 3. The molecule has 4 nitrogen and oxygen atoms in total. The highest BCUT2D eigenvalue weighted by Crippen LogP contribution is 2.20. The molecule has 1 rings (SSSR count). The highest BCUT2D eigenvalue weighted by atomic mass is 127. The second-order valence-corrected chi connectivity index (χ2v) is 4.22. The molecule has 0 spiro atoms. The number of aromatic nitrogens is 2. The van der Waals surface area contributed by atoms with Crippen molar-refractivity contribution < 1.29 is 13.6 Å². The third-order valence-electron chi connectivity index (χ3n) is 1.50. The zero-order valence-electron chi connectivity index (χ0n) is 7.30. The summed E-state index contributed by atoms with van der Waals surface area (Å²) >= 11 is 0.966. The molecular formula is C7H8F2IN3O. The van der Waals surface area contributed by atoms with Crippen LogP contribution in [-0.4, -0.2) is 26.2 Å². The van der Waals surface area contributed by atoms with Crippen LogP contribution in [-0.2, 0) is 7.05 Å². The number of hydrogen-bond donors (Lipinski definition) is 1. The first-order chi connectivity index (χ1) is 6.40. The molecule has 0 saturated carbocycles. The van der Waals surface area contributed by atoms with Gasteiger partial charge in [-0.15, -0.1) is 0 Å². The minimum Gasteiger partial charge on any atom is -0.344 e. The molecule has 14 heavy (non-hydrogen) atoms. The predicted octanol–water partition coefficient (Wildman–Crippen LogP) is 1.18. The van der Waals surface area contributed by atoms with E-state index in [0.717, 1.165) is 22.6 Å². The molecule has 0 atom stereocenters. The maximum absolute atomic E-state index is 12.4. The highest BCUT2D eigenvalue weighted by molar-refractivity contribution is 14.1. The lowest BCUT2D eigenvalue weighted by molar-refractivity contribution is 0.0854. The molecule has 1 amide bonds. The van der Waals surface area contributed by atoms with Gasteiger partial charge in [0.05, 0.1) is 6.54 Å². The van der Waals surface area contributed by atoms with Crippen molar-refractivity contribution in [1.82, 2.24) is 15.1 Å². The summed E-state index contributed by atoms with van der Waals surface area (Å²) in [6.45, 7) is -0.683. The molecule has 0 saturated heterocycles. The largest absolute Gasteiger partial charge is 0.344 e. The van der Waals surface area contributed by atoms with E-state index in [2.05, 4.69) is 10.4 Å². The molecule has 1 heterocycles. The van der Waals surface area contributed by atoms with Crippen LogP contribution < -0.4 is 5.32 Å². The third-order valence-corrected chi connectivity index (χ3v) is 1.88. The topological polar surface area (TPSA) is 46.9 Å². The molecule has 0 unspecified atom stereocenters. The Morgan fingerprint density at radius 1 is 1.79 bits per heavy atom. The van der Waals surface area contributed by atoms with E-state index in [1.807, 2.05) is 0 Å². The zero-order valence-corrected chi connectivity index (χ0v) is 9.46. The Bertz CT molecular complexity index is 334.